The molecular weight excluding hydrogens is 460 g/mol. The Balaban J connectivity index is 1.48. The van der Waals surface area contributed by atoms with Crippen LogP contribution in [0.15, 0.2) is 77.7 Å². The smallest absolute Gasteiger partial charge is 0.267 e. The molecule has 3 aromatic carbocycles. The number of rotatable bonds is 6. The van der Waals surface area contributed by atoms with Crippen LogP contribution in [0.5, 0.6) is 5.75 Å². The molecule has 0 saturated carbocycles. The third-order valence-electron chi connectivity index (χ3n) is 5.56. The van der Waals surface area contributed by atoms with Crippen molar-refractivity contribution in [2.75, 3.05) is 11.9 Å². The quantitative estimate of drug-likeness (QED) is 0.541. The van der Waals surface area contributed by atoms with Crippen LogP contribution in [0.2, 0.25) is 5.02 Å². The van der Waals surface area contributed by atoms with Gasteiger partial charge in [0.25, 0.3) is 5.91 Å². The highest BCUT2D eigenvalue weighted by molar-refractivity contribution is 7.89. The highest BCUT2D eigenvalue weighted by Gasteiger charge is 2.31. The molecule has 33 heavy (non-hydrogen) atoms. The maximum absolute atomic E-state index is 13.0. The second-order valence-corrected chi connectivity index (χ2v) is 10.8. The standard InChI is InChI=1S/C25H25ClN2O4S/c1-25(2,32-22-12-9-20(26)10-13-22)24(29)27-21-11-8-18-14-15-28(17-19(18)16-21)33(30,31)23-6-4-3-5-7-23/h3-13,16H,14-15,17H2,1-2H3,(H,27,29). The fraction of sp³-hybridized carbons (Fsp3) is 0.240. The number of carbonyl (C=O) groups is 1. The molecule has 172 valence electrons. The minimum atomic E-state index is -3.58. The Kier molecular flexibility index (Phi) is 6.47. The minimum Gasteiger partial charge on any atom is -0.478 e. The van der Waals surface area contributed by atoms with Crippen LogP contribution in [-0.2, 0) is 27.8 Å². The molecule has 8 heteroatoms. The maximum atomic E-state index is 13.0. The third kappa shape index (κ3) is 5.21. The van der Waals surface area contributed by atoms with E-state index in [-0.39, 0.29) is 17.3 Å². The monoisotopic (exact) mass is 484 g/mol. The van der Waals surface area contributed by atoms with E-state index in [4.69, 9.17) is 16.3 Å². The Labute approximate surface area is 199 Å². The van der Waals surface area contributed by atoms with Crippen LogP contribution in [0.3, 0.4) is 0 Å². The first-order chi connectivity index (χ1) is 15.6. The van der Waals surface area contributed by atoms with E-state index in [1.165, 1.54) is 4.31 Å². The van der Waals surface area contributed by atoms with Gasteiger partial charge in [-0.25, -0.2) is 8.42 Å². The van der Waals surface area contributed by atoms with E-state index in [1.807, 2.05) is 18.2 Å². The van der Waals surface area contributed by atoms with Crippen molar-refractivity contribution in [3.63, 3.8) is 0 Å². The fourth-order valence-corrected chi connectivity index (χ4v) is 5.25. The van der Waals surface area contributed by atoms with Crippen molar-refractivity contribution in [2.45, 2.75) is 37.3 Å². The Morgan fingerprint density at radius 1 is 1.00 bits per heavy atom. The highest BCUT2D eigenvalue weighted by Crippen LogP contribution is 2.28. The van der Waals surface area contributed by atoms with Gasteiger partial charge in [0.2, 0.25) is 10.0 Å². The van der Waals surface area contributed by atoms with Crippen LogP contribution < -0.4 is 10.1 Å². The van der Waals surface area contributed by atoms with Crippen LogP contribution >= 0.6 is 11.6 Å². The van der Waals surface area contributed by atoms with Crippen molar-refractivity contribution in [2.24, 2.45) is 0 Å². The highest BCUT2D eigenvalue weighted by atomic mass is 35.5. The number of nitrogens with one attached hydrogen (secondary N) is 1. The normalized spacial score (nSPS) is 14.4. The number of halogens is 1. The molecule has 0 bridgehead atoms. The lowest BCUT2D eigenvalue weighted by Gasteiger charge is -2.29. The first kappa shape index (κ1) is 23.3. The minimum absolute atomic E-state index is 0.251. The SMILES string of the molecule is CC(C)(Oc1ccc(Cl)cc1)C(=O)Nc1ccc2c(c1)CN(S(=O)(=O)c1ccccc1)CC2. The summed E-state index contributed by atoms with van der Waals surface area (Å²) in [6.45, 7) is 4.03. The summed E-state index contributed by atoms with van der Waals surface area (Å²) in [5, 5.41) is 3.48. The number of anilines is 1. The largest absolute Gasteiger partial charge is 0.478 e. The molecule has 1 aliphatic rings. The molecule has 1 N–H and O–H groups in total. The van der Waals surface area contributed by atoms with Crippen molar-refractivity contribution in [3.8, 4) is 5.75 Å². The molecule has 0 saturated heterocycles. The molecule has 0 spiro atoms. The maximum Gasteiger partial charge on any atom is 0.267 e. The summed E-state index contributed by atoms with van der Waals surface area (Å²) in [6.07, 6.45) is 0.612. The molecular formula is C25H25ClN2O4S. The van der Waals surface area contributed by atoms with Crippen molar-refractivity contribution in [1.29, 1.82) is 0 Å². The number of benzene rings is 3. The van der Waals surface area contributed by atoms with Crippen LogP contribution in [0.1, 0.15) is 25.0 Å². The van der Waals surface area contributed by atoms with E-state index in [0.717, 1.165) is 11.1 Å². The number of hydrogen-bond acceptors (Lipinski definition) is 4. The van der Waals surface area contributed by atoms with Gasteiger partial charge in [-0.3, -0.25) is 4.79 Å². The number of hydrogen-bond donors (Lipinski definition) is 1. The third-order valence-corrected chi connectivity index (χ3v) is 7.67. The van der Waals surface area contributed by atoms with Gasteiger partial charge in [-0.05, 0) is 79.9 Å². The lowest BCUT2D eigenvalue weighted by atomic mass is 10.00. The molecule has 0 radical (unpaired) electrons. The number of nitrogens with zero attached hydrogens (tertiary/aromatic N) is 1. The van der Waals surface area contributed by atoms with E-state index in [2.05, 4.69) is 5.32 Å². The Hall–Kier alpha value is -2.87. The topological polar surface area (TPSA) is 75.7 Å². The van der Waals surface area contributed by atoms with Crippen molar-refractivity contribution in [3.05, 3.63) is 88.9 Å². The second-order valence-electron chi connectivity index (χ2n) is 8.41. The molecule has 0 aromatic heterocycles. The number of carbonyl (C=O) groups excluding carboxylic acids is 1. The number of ether oxygens (including phenoxy) is 1. The van der Waals surface area contributed by atoms with E-state index in [9.17, 15) is 13.2 Å². The van der Waals surface area contributed by atoms with E-state index < -0.39 is 15.6 Å². The van der Waals surface area contributed by atoms with Gasteiger partial charge >= 0.3 is 0 Å². The summed E-state index contributed by atoms with van der Waals surface area (Å²) < 4.78 is 33.4. The predicted molar refractivity (Wildman–Crippen MR) is 129 cm³/mol. The molecule has 0 aliphatic carbocycles. The van der Waals surface area contributed by atoms with Crippen LogP contribution in [0.4, 0.5) is 5.69 Å². The molecule has 4 rings (SSSR count). The predicted octanol–water partition coefficient (Wildman–Crippen LogP) is 4.88. The summed E-state index contributed by atoms with van der Waals surface area (Å²) in [4.78, 5) is 13.2. The van der Waals surface area contributed by atoms with E-state index >= 15 is 0 Å². The van der Waals surface area contributed by atoms with Gasteiger partial charge in [0.1, 0.15) is 5.75 Å². The van der Waals surface area contributed by atoms with Crippen molar-refractivity contribution >= 4 is 33.2 Å². The zero-order chi connectivity index (χ0) is 23.6. The molecule has 6 nitrogen and oxygen atoms in total. The molecule has 0 atom stereocenters. The van der Waals surface area contributed by atoms with Gasteiger partial charge in [-0.2, -0.15) is 4.31 Å². The lowest BCUT2D eigenvalue weighted by Crippen LogP contribution is -2.42. The van der Waals surface area contributed by atoms with E-state index in [0.29, 0.717) is 29.4 Å². The Bertz CT molecular complexity index is 1260. The molecule has 1 heterocycles. The lowest BCUT2D eigenvalue weighted by molar-refractivity contribution is -0.128. The Morgan fingerprint density at radius 3 is 2.39 bits per heavy atom. The first-order valence-electron chi connectivity index (χ1n) is 10.6. The van der Waals surface area contributed by atoms with Gasteiger partial charge in [0.15, 0.2) is 5.60 Å². The molecule has 0 unspecified atom stereocenters. The average Bonchev–Trinajstić information content (AvgIpc) is 2.80. The molecule has 1 amide bonds. The van der Waals surface area contributed by atoms with Crippen LogP contribution in [-0.4, -0.2) is 30.8 Å². The zero-order valence-electron chi connectivity index (χ0n) is 18.4. The molecule has 1 aliphatic heterocycles. The number of fused-ring (bicyclic) bond motifs is 1. The summed E-state index contributed by atoms with van der Waals surface area (Å²) in [7, 11) is -3.58. The first-order valence-corrected chi connectivity index (χ1v) is 12.4. The van der Waals surface area contributed by atoms with Crippen LogP contribution in [0, 0.1) is 0 Å². The summed E-state index contributed by atoms with van der Waals surface area (Å²) in [5.41, 5.74) is 1.40. The van der Waals surface area contributed by atoms with E-state index in [1.54, 1.807) is 68.4 Å². The van der Waals surface area contributed by atoms with Gasteiger partial charge in [0, 0.05) is 23.8 Å². The van der Waals surface area contributed by atoms with Gasteiger partial charge in [-0.1, -0.05) is 35.9 Å². The summed E-state index contributed by atoms with van der Waals surface area (Å²) in [5.74, 6) is 0.216. The van der Waals surface area contributed by atoms with Gasteiger partial charge in [-0.15, -0.1) is 0 Å². The Morgan fingerprint density at radius 2 is 1.70 bits per heavy atom. The van der Waals surface area contributed by atoms with Crippen molar-refractivity contribution < 1.29 is 17.9 Å². The molecule has 0 fully saturated rings. The van der Waals surface area contributed by atoms with Gasteiger partial charge in [0.05, 0.1) is 4.90 Å². The zero-order valence-corrected chi connectivity index (χ0v) is 20.0. The summed E-state index contributed by atoms with van der Waals surface area (Å²) in [6, 6.07) is 20.8. The second kappa shape index (κ2) is 9.17. The molecule has 3 aromatic rings. The van der Waals surface area contributed by atoms with Crippen molar-refractivity contribution in [1.82, 2.24) is 4.31 Å². The van der Waals surface area contributed by atoms with Crippen LogP contribution in [0.25, 0.3) is 0 Å². The average molecular weight is 485 g/mol. The number of sulfonamides is 1. The fourth-order valence-electron chi connectivity index (χ4n) is 3.68. The number of amides is 1. The van der Waals surface area contributed by atoms with Gasteiger partial charge < -0.3 is 10.1 Å². The summed E-state index contributed by atoms with van der Waals surface area (Å²) >= 11 is 5.91.